The molecule has 0 saturated heterocycles. The first-order valence-electron chi connectivity index (χ1n) is 11.6. The predicted octanol–water partition coefficient (Wildman–Crippen LogP) is 2.57. The summed E-state index contributed by atoms with van der Waals surface area (Å²) in [6.07, 6.45) is 1.04. The number of nitrogens with two attached hydrogens (primary N) is 1. The Hall–Kier alpha value is -4.64. The molecule has 10 nitrogen and oxygen atoms in total. The molecule has 3 aromatic carbocycles. The molecule has 0 aliphatic carbocycles. The zero-order chi connectivity index (χ0) is 27.6. The summed E-state index contributed by atoms with van der Waals surface area (Å²) in [4.78, 5) is 38.2. The number of nitrogens with one attached hydrogen (secondary N) is 2. The van der Waals surface area contributed by atoms with Crippen LogP contribution in [0.3, 0.4) is 0 Å². The zero-order valence-corrected chi connectivity index (χ0v) is 21.9. The molecule has 1 aliphatic heterocycles. The molecule has 4 rings (SSSR count). The van der Waals surface area contributed by atoms with Crippen LogP contribution in [0, 0.1) is 0 Å². The normalized spacial score (nSPS) is 13.8. The smallest absolute Gasteiger partial charge is 0.258 e. The maximum atomic E-state index is 13.1. The van der Waals surface area contributed by atoms with Crippen LogP contribution in [0.5, 0.6) is 0 Å². The van der Waals surface area contributed by atoms with E-state index in [0.29, 0.717) is 33.9 Å². The average molecular weight is 534 g/mol. The number of carbonyl (C=O) groups excluding carboxylic acids is 3. The summed E-state index contributed by atoms with van der Waals surface area (Å²) in [6.45, 7) is -0.331. The number of amides is 3. The van der Waals surface area contributed by atoms with Gasteiger partial charge in [0.2, 0.25) is 21.8 Å². The summed E-state index contributed by atoms with van der Waals surface area (Å²) in [5.74, 6) is -1.31. The van der Waals surface area contributed by atoms with E-state index in [1.807, 2.05) is 30.3 Å². The lowest BCUT2D eigenvalue weighted by atomic mass is 9.99. The van der Waals surface area contributed by atoms with E-state index >= 15 is 0 Å². The maximum absolute atomic E-state index is 13.1. The molecule has 3 aromatic rings. The molecule has 38 heavy (non-hydrogen) atoms. The zero-order valence-electron chi connectivity index (χ0n) is 21.1. The molecule has 0 spiro atoms. The third-order valence-electron chi connectivity index (χ3n) is 5.96. The highest BCUT2D eigenvalue weighted by Crippen LogP contribution is 2.38. The molecule has 196 valence electrons. The molecule has 0 saturated carbocycles. The molecule has 0 atom stereocenters. The van der Waals surface area contributed by atoms with E-state index in [-0.39, 0.29) is 23.9 Å². The Kier molecular flexibility index (Phi) is 7.22. The third-order valence-corrected chi connectivity index (χ3v) is 7.10. The molecule has 0 unspecified atom stereocenters. The van der Waals surface area contributed by atoms with Gasteiger partial charge in [0, 0.05) is 36.6 Å². The molecule has 11 heteroatoms. The lowest BCUT2D eigenvalue weighted by molar-refractivity contribution is -0.127. The molecule has 1 aliphatic rings. The Morgan fingerprint density at radius 1 is 0.947 bits per heavy atom. The molecule has 1 heterocycles. The van der Waals surface area contributed by atoms with Crippen molar-refractivity contribution in [2.45, 2.75) is 0 Å². The molecule has 3 amide bonds. The van der Waals surface area contributed by atoms with Gasteiger partial charge in [-0.1, -0.05) is 36.4 Å². The number of nitrogens with zero attached hydrogens (tertiary/aromatic N) is 2. The van der Waals surface area contributed by atoms with Crippen LogP contribution in [0.25, 0.3) is 11.3 Å². The first kappa shape index (κ1) is 26.4. The van der Waals surface area contributed by atoms with Crippen LogP contribution in [0.1, 0.15) is 21.5 Å². The number of likely N-dealkylation sites (N-methyl/N-ethyl adjacent to an activating group) is 1. The van der Waals surface area contributed by atoms with Crippen LogP contribution in [-0.2, 0) is 19.6 Å². The quantitative estimate of drug-likeness (QED) is 0.380. The topological polar surface area (TPSA) is 142 Å². The van der Waals surface area contributed by atoms with Gasteiger partial charge in [-0.05, 0) is 42.0 Å². The molecular weight excluding hydrogens is 506 g/mol. The van der Waals surface area contributed by atoms with Gasteiger partial charge in [-0.15, -0.1) is 0 Å². The molecule has 0 fully saturated rings. The summed E-state index contributed by atoms with van der Waals surface area (Å²) in [5, 5.41) is 6.09. The minimum Gasteiger partial charge on any atom is -0.366 e. The highest BCUT2D eigenvalue weighted by molar-refractivity contribution is 7.92. The van der Waals surface area contributed by atoms with E-state index in [0.717, 1.165) is 16.1 Å². The number of carbonyl (C=O) groups is 3. The minimum absolute atomic E-state index is 0.276. The molecular formula is C27H27N5O5S. The van der Waals surface area contributed by atoms with E-state index in [4.69, 9.17) is 5.73 Å². The Morgan fingerprint density at radius 2 is 1.61 bits per heavy atom. The number of anilines is 3. The molecule has 0 bridgehead atoms. The van der Waals surface area contributed by atoms with Crippen molar-refractivity contribution in [2.75, 3.05) is 41.8 Å². The van der Waals surface area contributed by atoms with Crippen molar-refractivity contribution >= 4 is 56.1 Å². The van der Waals surface area contributed by atoms with Gasteiger partial charge in [0.25, 0.3) is 5.91 Å². The summed E-state index contributed by atoms with van der Waals surface area (Å²) in [6, 6.07) is 20.5. The van der Waals surface area contributed by atoms with E-state index in [9.17, 15) is 22.8 Å². The van der Waals surface area contributed by atoms with Crippen molar-refractivity contribution in [3.63, 3.8) is 0 Å². The number of rotatable bonds is 8. The van der Waals surface area contributed by atoms with Gasteiger partial charge in [-0.3, -0.25) is 18.7 Å². The SMILES string of the molecule is CN(C)C(=O)CN(c1ccc(NC(=C2C(=O)Nc3cc(C(N)=O)ccc32)c2ccccc2)cc1)S(C)(=O)=O. The lowest BCUT2D eigenvalue weighted by Gasteiger charge is -2.24. The fourth-order valence-corrected chi connectivity index (χ4v) is 4.83. The van der Waals surface area contributed by atoms with Crippen LogP contribution in [0.2, 0.25) is 0 Å². The van der Waals surface area contributed by atoms with Crippen molar-refractivity contribution in [2.24, 2.45) is 5.73 Å². The lowest BCUT2D eigenvalue weighted by Crippen LogP contribution is -2.39. The van der Waals surface area contributed by atoms with Gasteiger partial charge >= 0.3 is 0 Å². The van der Waals surface area contributed by atoms with Crippen LogP contribution in [-0.4, -0.2) is 57.9 Å². The minimum atomic E-state index is -3.72. The molecule has 4 N–H and O–H groups in total. The van der Waals surface area contributed by atoms with Crippen LogP contribution in [0.15, 0.2) is 72.8 Å². The summed E-state index contributed by atoms with van der Waals surface area (Å²) in [7, 11) is -0.607. The molecule has 0 radical (unpaired) electrons. The highest BCUT2D eigenvalue weighted by atomic mass is 32.2. The first-order valence-corrected chi connectivity index (χ1v) is 13.4. The van der Waals surface area contributed by atoms with Crippen LogP contribution < -0.4 is 20.7 Å². The number of sulfonamides is 1. The van der Waals surface area contributed by atoms with E-state index < -0.39 is 15.9 Å². The van der Waals surface area contributed by atoms with Crippen molar-refractivity contribution < 1.29 is 22.8 Å². The van der Waals surface area contributed by atoms with Gasteiger partial charge in [-0.2, -0.15) is 0 Å². The predicted molar refractivity (Wildman–Crippen MR) is 148 cm³/mol. The van der Waals surface area contributed by atoms with Gasteiger partial charge < -0.3 is 21.3 Å². The van der Waals surface area contributed by atoms with Gasteiger partial charge in [0.1, 0.15) is 6.54 Å². The van der Waals surface area contributed by atoms with Crippen molar-refractivity contribution in [3.8, 4) is 0 Å². The largest absolute Gasteiger partial charge is 0.366 e. The number of hydrogen-bond acceptors (Lipinski definition) is 6. The average Bonchev–Trinajstić information content (AvgIpc) is 3.20. The Labute approximate surface area is 220 Å². The van der Waals surface area contributed by atoms with Crippen LogP contribution >= 0.6 is 0 Å². The Morgan fingerprint density at radius 3 is 2.18 bits per heavy atom. The Bertz CT molecular complexity index is 1550. The van der Waals surface area contributed by atoms with Gasteiger partial charge in [0.05, 0.1) is 23.2 Å². The second-order valence-corrected chi connectivity index (χ2v) is 10.8. The second-order valence-electron chi connectivity index (χ2n) is 8.92. The van der Waals surface area contributed by atoms with Crippen LogP contribution in [0.4, 0.5) is 17.1 Å². The van der Waals surface area contributed by atoms with Gasteiger partial charge in [0.15, 0.2) is 0 Å². The first-order chi connectivity index (χ1) is 18.0. The van der Waals surface area contributed by atoms with Crippen molar-refractivity contribution in [3.05, 3.63) is 89.5 Å². The maximum Gasteiger partial charge on any atom is 0.258 e. The van der Waals surface area contributed by atoms with E-state index in [1.165, 1.54) is 11.0 Å². The fraction of sp³-hybridized carbons (Fsp3) is 0.148. The van der Waals surface area contributed by atoms with Gasteiger partial charge in [-0.25, -0.2) is 8.42 Å². The van der Waals surface area contributed by atoms with E-state index in [1.54, 1.807) is 50.5 Å². The van der Waals surface area contributed by atoms with Crippen molar-refractivity contribution in [1.29, 1.82) is 0 Å². The second kappa shape index (κ2) is 10.4. The number of hydrogen-bond donors (Lipinski definition) is 3. The fourth-order valence-electron chi connectivity index (χ4n) is 3.98. The van der Waals surface area contributed by atoms with Crippen molar-refractivity contribution in [1.82, 2.24) is 4.90 Å². The monoisotopic (exact) mass is 533 g/mol. The summed E-state index contributed by atoms with van der Waals surface area (Å²) < 4.78 is 25.8. The van der Waals surface area contributed by atoms with E-state index in [2.05, 4.69) is 10.6 Å². The summed E-state index contributed by atoms with van der Waals surface area (Å²) in [5.41, 5.74) is 9.29. The standard InChI is InChI=1S/C27H27N5O5S/c1-31(2)23(33)16-32(38(3,36)37)20-12-10-19(11-13-20)29-25(17-7-5-4-6-8-17)24-21-14-9-18(26(28)34)15-22(21)30-27(24)35/h4-15,29H,16H2,1-3H3,(H2,28,34)(H,30,35). The Balaban J connectivity index is 1.74. The number of primary amides is 1. The number of benzene rings is 3. The third kappa shape index (κ3) is 5.52. The summed E-state index contributed by atoms with van der Waals surface area (Å²) >= 11 is 0. The molecule has 0 aromatic heterocycles. The number of fused-ring (bicyclic) bond motifs is 1. The highest BCUT2D eigenvalue weighted by Gasteiger charge is 2.29.